The maximum Gasteiger partial charge on any atom is -0.0317 e. The van der Waals surface area contributed by atoms with Crippen molar-refractivity contribution in [3.63, 3.8) is 0 Å². The summed E-state index contributed by atoms with van der Waals surface area (Å²) in [6.07, 6.45) is 62.6. The van der Waals surface area contributed by atoms with Crippen LogP contribution in [0.5, 0.6) is 0 Å². The third kappa shape index (κ3) is 44.9. The molecule has 0 aromatic carbocycles. The van der Waals surface area contributed by atoms with Crippen molar-refractivity contribution < 1.29 is 0 Å². The van der Waals surface area contributed by atoms with Crippen LogP contribution in [0.4, 0.5) is 0 Å². The topological polar surface area (TPSA) is 0 Å². The Morgan fingerprint density at radius 3 is 0.457 bits per heavy atom. The lowest BCUT2D eigenvalue weighted by molar-refractivity contribution is 0.523. The zero-order chi connectivity index (χ0) is 33.1. The first-order valence-corrected chi connectivity index (χ1v) is 25.8. The maximum atomic E-state index is 2.31. The molecule has 0 saturated heterocycles. The molecule has 0 aliphatic heterocycles. The lowest BCUT2D eigenvalue weighted by Gasteiger charge is -2.05. The smallest absolute Gasteiger partial charge is 0.0317 e. The highest BCUT2D eigenvalue weighted by molar-refractivity contribution is 8.11. The van der Waals surface area contributed by atoms with Gasteiger partial charge in [-0.2, -0.15) is 0 Å². The number of rotatable bonds is 43. The molecular formula is C44H92P2. The van der Waals surface area contributed by atoms with Gasteiger partial charge < -0.3 is 0 Å². The van der Waals surface area contributed by atoms with Gasteiger partial charge in [0.05, 0.1) is 0 Å². The predicted molar refractivity (Wildman–Crippen MR) is 222 cm³/mol. The van der Waals surface area contributed by atoms with Crippen LogP contribution in [-0.2, 0) is 0 Å². The molecule has 0 nitrogen and oxygen atoms in total. The van der Waals surface area contributed by atoms with Crippen molar-refractivity contribution in [3.8, 4) is 0 Å². The lowest BCUT2D eigenvalue weighted by Crippen LogP contribution is -1.85. The second-order valence-electron chi connectivity index (χ2n) is 15.3. The summed E-state index contributed by atoms with van der Waals surface area (Å²) in [6, 6.07) is 0. The van der Waals surface area contributed by atoms with Crippen LogP contribution in [0.25, 0.3) is 0 Å². The normalized spacial score (nSPS) is 12.1. The van der Waals surface area contributed by atoms with E-state index in [9.17, 15) is 0 Å². The van der Waals surface area contributed by atoms with Crippen LogP contribution in [0, 0.1) is 0 Å². The van der Waals surface area contributed by atoms with Crippen LogP contribution in [0.2, 0.25) is 0 Å². The summed E-state index contributed by atoms with van der Waals surface area (Å²) < 4.78 is 0. The van der Waals surface area contributed by atoms with Gasteiger partial charge in [0.1, 0.15) is 0 Å². The predicted octanol–water partition coefficient (Wildman–Crippen LogP) is 17.9. The first-order valence-electron chi connectivity index (χ1n) is 22.4. The molecule has 278 valence electrons. The van der Waals surface area contributed by atoms with Gasteiger partial charge in [-0.1, -0.05) is 274 Å². The third-order valence-corrected chi connectivity index (χ3v) is 14.1. The van der Waals surface area contributed by atoms with E-state index in [1.807, 2.05) is 0 Å². The average Bonchev–Trinajstić information content (AvgIpc) is 3.07. The molecule has 0 aliphatic rings. The van der Waals surface area contributed by atoms with Crippen LogP contribution in [0.15, 0.2) is 0 Å². The average molecular weight is 683 g/mol. The summed E-state index contributed by atoms with van der Waals surface area (Å²) in [5.74, 6) is 0. The molecule has 0 aromatic rings. The first-order chi connectivity index (χ1) is 22.9. The van der Waals surface area contributed by atoms with Crippen LogP contribution in [-0.4, -0.2) is 12.3 Å². The van der Waals surface area contributed by atoms with Crippen LogP contribution >= 0.6 is 16.5 Å². The monoisotopic (exact) mass is 683 g/mol. The summed E-state index contributed by atoms with van der Waals surface area (Å²) in [7, 11) is 2.56. The van der Waals surface area contributed by atoms with Gasteiger partial charge in [0.15, 0.2) is 0 Å². The van der Waals surface area contributed by atoms with Crippen LogP contribution in [0.3, 0.4) is 0 Å². The van der Waals surface area contributed by atoms with Gasteiger partial charge in [-0.15, -0.1) is 0 Å². The summed E-state index contributed by atoms with van der Waals surface area (Å²) in [4.78, 5) is 0. The van der Waals surface area contributed by atoms with E-state index in [4.69, 9.17) is 0 Å². The molecule has 0 heterocycles. The van der Waals surface area contributed by atoms with E-state index in [1.165, 1.54) is 286 Å². The van der Waals surface area contributed by atoms with E-state index >= 15 is 0 Å². The molecule has 0 aromatic heterocycles. The quantitative estimate of drug-likeness (QED) is 0.0443. The number of unbranched alkanes of at least 4 members (excludes halogenated alkanes) is 38. The molecule has 0 spiro atoms. The van der Waals surface area contributed by atoms with Gasteiger partial charge >= 0.3 is 0 Å². The molecule has 0 aliphatic carbocycles. The van der Waals surface area contributed by atoms with E-state index in [-0.39, 0.29) is 0 Å². The molecule has 0 N–H and O–H groups in total. The highest BCUT2D eigenvalue weighted by atomic mass is 32.0. The Bertz CT molecular complexity index is 448. The highest BCUT2D eigenvalue weighted by Gasteiger charge is 1.98. The van der Waals surface area contributed by atoms with Gasteiger partial charge in [-0.05, 0) is 25.2 Å². The first kappa shape index (κ1) is 46.9. The zero-order valence-corrected chi connectivity index (χ0v) is 34.7. The van der Waals surface area contributed by atoms with Crippen LogP contribution < -0.4 is 0 Å². The minimum atomic E-state index is 1.28. The Hall–Kier alpha value is 0.860. The molecule has 2 unspecified atom stereocenters. The van der Waals surface area contributed by atoms with E-state index in [0.29, 0.717) is 0 Å². The van der Waals surface area contributed by atoms with E-state index in [2.05, 4.69) is 13.8 Å². The van der Waals surface area contributed by atoms with Crippen molar-refractivity contribution >= 4 is 16.5 Å². The largest absolute Gasteiger partial charge is 0.0992 e. The summed E-state index contributed by atoms with van der Waals surface area (Å²) in [6.45, 7) is 4.62. The Labute approximate surface area is 298 Å². The molecule has 46 heavy (non-hydrogen) atoms. The second kappa shape index (κ2) is 45.9. The van der Waals surface area contributed by atoms with Gasteiger partial charge in [-0.25, -0.2) is 0 Å². The highest BCUT2D eigenvalue weighted by Crippen LogP contribution is 2.38. The number of hydrogen-bond acceptors (Lipinski definition) is 0. The Kier molecular flexibility index (Phi) is 46.7. The molecule has 0 fully saturated rings. The molecular weight excluding hydrogens is 590 g/mol. The standard InChI is InChI=1S/C44H92P2/c1-3-5-7-9-11-13-15-17-19-21-23-25-27-29-31-33-35-37-39-41-43-45-46-44-42-40-38-36-34-32-30-28-26-24-22-20-18-16-14-12-10-8-6-4-2/h45-46H,3-44H2,1-2H3. The molecule has 0 saturated carbocycles. The molecule has 0 bridgehead atoms. The van der Waals surface area contributed by atoms with E-state index in [0.717, 1.165) is 0 Å². The minimum Gasteiger partial charge on any atom is -0.0992 e. The molecule has 2 heteroatoms. The fourth-order valence-electron chi connectivity index (χ4n) is 7.11. The molecule has 0 radical (unpaired) electrons. The van der Waals surface area contributed by atoms with Crippen molar-refractivity contribution in [1.29, 1.82) is 0 Å². The second-order valence-corrected chi connectivity index (χ2v) is 19.1. The van der Waals surface area contributed by atoms with Crippen molar-refractivity contribution in [2.24, 2.45) is 0 Å². The van der Waals surface area contributed by atoms with E-state index < -0.39 is 0 Å². The SMILES string of the molecule is CCCCCCCCCCCCCCCCCCCCCCPPCCCCCCCCCCCCCCCCCCCCCC. The summed E-state index contributed by atoms with van der Waals surface area (Å²) >= 11 is 0. The van der Waals surface area contributed by atoms with Gasteiger partial charge in [-0.3, -0.25) is 0 Å². The Balaban J connectivity index is 3.03. The van der Waals surface area contributed by atoms with E-state index in [1.54, 1.807) is 0 Å². The van der Waals surface area contributed by atoms with Gasteiger partial charge in [0.25, 0.3) is 0 Å². The lowest BCUT2D eigenvalue weighted by atomic mass is 10.0. The fraction of sp³-hybridized carbons (Fsp3) is 1.00. The van der Waals surface area contributed by atoms with Crippen LogP contribution in [0.1, 0.15) is 271 Å². The Morgan fingerprint density at radius 1 is 0.174 bits per heavy atom. The summed E-state index contributed by atoms with van der Waals surface area (Å²) in [5.41, 5.74) is 0. The number of hydrogen-bond donors (Lipinski definition) is 0. The van der Waals surface area contributed by atoms with Crippen molar-refractivity contribution in [2.75, 3.05) is 12.3 Å². The fourth-order valence-corrected chi connectivity index (χ4v) is 10.4. The molecule has 0 rings (SSSR count). The van der Waals surface area contributed by atoms with Gasteiger partial charge in [0, 0.05) is 0 Å². The zero-order valence-electron chi connectivity index (χ0n) is 32.7. The summed E-state index contributed by atoms with van der Waals surface area (Å²) in [5, 5.41) is 0. The van der Waals surface area contributed by atoms with Crippen molar-refractivity contribution in [3.05, 3.63) is 0 Å². The third-order valence-electron chi connectivity index (χ3n) is 10.4. The maximum absolute atomic E-state index is 2.31. The van der Waals surface area contributed by atoms with Crippen molar-refractivity contribution in [2.45, 2.75) is 271 Å². The molecule has 0 amide bonds. The Morgan fingerprint density at radius 2 is 0.304 bits per heavy atom. The van der Waals surface area contributed by atoms with Gasteiger partial charge in [0.2, 0.25) is 0 Å². The molecule has 2 atom stereocenters. The minimum absolute atomic E-state index is 1.28. The van der Waals surface area contributed by atoms with Crippen molar-refractivity contribution in [1.82, 2.24) is 0 Å².